The van der Waals surface area contributed by atoms with Crippen LogP contribution in [0.15, 0.2) is 30.3 Å². The molecule has 0 aliphatic carbocycles. The molecule has 0 aromatic heterocycles. The van der Waals surface area contributed by atoms with Crippen molar-refractivity contribution in [3.05, 3.63) is 30.3 Å². The Bertz CT molecular complexity index is 453. The molecule has 1 aliphatic heterocycles. The van der Waals surface area contributed by atoms with Gasteiger partial charge in [0.25, 0.3) is 0 Å². The molecule has 0 spiro atoms. The molecule has 1 aliphatic rings. The summed E-state index contributed by atoms with van der Waals surface area (Å²) in [5, 5.41) is 19.8. The van der Waals surface area contributed by atoms with E-state index in [1.165, 1.54) is 19.3 Å². The average Bonchev–Trinajstić information content (AvgIpc) is 2.47. The van der Waals surface area contributed by atoms with Crippen LogP contribution in [0.2, 0.25) is 0 Å². The van der Waals surface area contributed by atoms with E-state index >= 15 is 0 Å². The van der Waals surface area contributed by atoms with Gasteiger partial charge in [-0.1, -0.05) is 18.2 Å². The molecule has 153 valence electrons. The Balaban J connectivity index is 0. The number of aliphatic hydroxyl groups is 2. The normalized spacial score (nSPS) is 20.2. The molecule has 1 fully saturated rings. The molecule has 2 N–H and O–H groups in total. The van der Waals surface area contributed by atoms with E-state index in [1.807, 2.05) is 0 Å². The van der Waals surface area contributed by atoms with Crippen molar-refractivity contribution >= 4 is 20.0 Å². The summed E-state index contributed by atoms with van der Waals surface area (Å²) in [6.07, 6.45) is 3.93. The van der Waals surface area contributed by atoms with Crippen molar-refractivity contribution in [3.63, 3.8) is 0 Å². The summed E-state index contributed by atoms with van der Waals surface area (Å²) in [5.74, 6) is 0. The Kier molecular flexibility index (Phi) is 14.2. The van der Waals surface area contributed by atoms with Crippen LogP contribution in [-0.4, -0.2) is 39.5 Å². The Hall–Kier alpha value is -0.137. The average molecular weight is 471 g/mol. The monoisotopic (exact) mass is 471 g/mol. The Labute approximate surface area is 174 Å². The summed E-state index contributed by atoms with van der Waals surface area (Å²) in [4.78, 5) is 7.75. The minimum absolute atomic E-state index is 0. The van der Waals surface area contributed by atoms with Crippen LogP contribution >= 0.6 is 7.92 Å². The van der Waals surface area contributed by atoms with Gasteiger partial charge in [0, 0.05) is 27.4 Å². The fourth-order valence-electron chi connectivity index (χ4n) is 4.02. The molecule has 0 saturated carbocycles. The first kappa shape index (κ1) is 28.1. The molecule has 0 bridgehead atoms. The Morgan fingerprint density at radius 3 is 1.65 bits per heavy atom. The molecule has 26 heavy (non-hydrogen) atoms. The second-order valence-electron chi connectivity index (χ2n) is 8.30. The van der Waals surface area contributed by atoms with Gasteiger partial charge in [0.15, 0.2) is 0 Å². The molecule has 1 aromatic carbocycles. The van der Waals surface area contributed by atoms with Crippen molar-refractivity contribution in [2.45, 2.75) is 89.7 Å². The van der Waals surface area contributed by atoms with Crippen molar-refractivity contribution in [3.8, 4) is 0 Å². The zero-order valence-corrected chi connectivity index (χ0v) is 19.7. The second-order valence-corrected chi connectivity index (χ2v) is 12.3. The molecular formula is C21H37O3PRh. The van der Waals surface area contributed by atoms with Gasteiger partial charge in [-0.25, -0.2) is 0 Å². The van der Waals surface area contributed by atoms with Crippen LogP contribution in [0.3, 0.4) is 0 Å². The maximum Gasteiger partial charge on any atom is 0.0925 e. The number of aliphatic hydroxyl groups excluding tert-OH is 2. The van der Waals surface area contributed by atoms with Crippen molar-refractivity contribution in [2.75, 3.05) is 0 Å². The standard InChI is InChI=1S/C15H23P.C5H12O2.CHO.Rh/c1-14(2)11-8-12-15(3,4)16(14)13-9-6-5-7-10-13;1-4(6)3-5(2)7;1-2;/h5-7,9-10H,8,11-12H2,1-4H3;4-7H,3H2,1-2H3;1H;/q;;-1;/p+1. The van der Waals surface area contributed by atoms with Crippen LogP contribution < -0.4 is 5.30 Å². The summed E-state index contributed by atoms with van der Waals surface area (Å²) < 4.78 is 0. The summed E-state index contributed by atoms with van der Waals surface area (Å²) in [5.41, 5.74) is 0. The van der Waals surface area contributed by atoms with Gasteiger partial charge in [0.2, 0.25) is 0 Å². The number of hydrogen-bond acceptors (Lipinski definition) is 3. The van der Waals surface area contributed by atoms with Crippen molar-refractivity contribution in [1.82, 2.24) is 0 Å². The van der Waals surface area contributed by atoms with E-state index in [9.17, 15) is 0 Å². The maximum atomic E-state index is 8.56. The molecule has 5 heteroatoms. The minimum atomic E-state index is -0.478. The molecule has 3 nitrogen and oxygen atoms in total. The van der Waals surface area contributed by atoms with Crippen molar-refractivity contribution in [2.24, 2.45) is 0 Å². The van der Waals surface area contributed by atoms with Gasteiger partial charge in [0.05, 0.1) is 27.8 Å². The minimum Gasteiger partial charge on any atom is -0.545 e. The van der Waals surface area contributed by atoms with E-state index in [4.69, 9.17) is 15.0 Å². The Morgan fingerprint density at radius 2 is 1.35 bits per heavy atom. The van der Waals surface area contributed by atoms with Gasteiger partial charge in [-0.2, -0.15) is 0 Å². The molecule has 2 rings (SSSR count). The van der Waals surface area contributed by atoms with E-state index in [2.05, 4.69) is 64.8 Å². The van der Waals surface area contributed by atoms with E-state index in [1.54, 1.807) is 19.2 Å². The molecule has 1 saturated heterocycles. The third-order valence-corrected chi connectivity index (χ3v) is 8.82. The molecule has 0 amide bonds. The van der Waals surface area contributed by atoms with Crippen LogP contribution in [0, 0.1) is 0 Å². The van der Waals surface area contributed by atoms with E-state index in [-0.39, 0.29) is 31.7 Å². The van der Waals surface area contributed by atoms with Gasteiger partial charge in [0.1, 0.15) is 0 Å². The predicted molar refractivity (Wildman–Crippen MR) is 111 cm³/mol. The largest absolute Gasteiger partial charge is 0.545 e. The van der Waals surface area contributed by atoms with Gasteiger partial charge >= 0.3 is 0 Å². The zero-order valence-electron chi connectivity index (χ0n) is 17.1. The third kappa shape index (κ3) is 9.70. The summed E-state index contributed by atoms with van der Waals surface area (Å²) in [7, 11) is -0.478. The molecule has 1 heterocycles. The molecule has 1 radical (unpaired) electrons. The topological polar surface area (TPSA) is 57.5 Å². The number of carbonyl (C=O) groups excluding carboxylic acids is 1. The first-order chi connectivity index (χ1) is 11.6. The fraction of sp³-hybridized carbons (Fsp3) is 0.667. The number of benzene rings is 1. The Morgan fingerprint density at radius 1 is 0.962 bits per heavy atom. The number of rotatable bonds is 3. The third-order valence-electron chi connectivity index (χ3n) is 4.70. The molecule has 2 unspecified atom stereocenters. The van der Waals surface area contributed by atoms with Crippen LogP contribution in [0.5, 0.6) is 0 Å². The molecule has 2 atom stereocenters. The van der Waals surface area contributed by atoms with Gasteiger partial charge in [-0.3, -0.25) is 6.79 Å². The van der Waals surface area contributed by atoms with Crippen LogP contribution in [-0.2, 0) is 24.3 Å². The maximum absolute atomic E-state index is 8.56. The molecule has 1 aromatic rings. The molecular weight excluding hydrogens is 434 g/mol. The predicted octanol–water partition coefficient (Wildman–Crippen LogP) is 4.13. The van der Waals surface area contributed by atoms with Crippen molar-refractivity contribution < 1.29 is 34.5 Å². The van der Waals surface area contributed by atoms with Gasteiger partial charge in [-0.05, 0) is 79.4 Å². The SMILES string of the molecule is CC(O)CC(C)O.CC1(C)CCCC(C)(C)[PH+]1c1ccccc1.[CH-]=O.[Rh]. The van der Waals surface area contributed by atoms with Gasteiger partial charge in [-0.15, -0.1) is 0 Å². The van der Waals surface area contributed by atoms with Crippen LogP contribution in [0.25, 0.3) is 0 Å². The van der Waals surface area contributed by atoms with E-state index < -0.39 is 7.92 Å². The first-order valence-electron chi connectivity index (χ1n) is 9.09. The summed E-state index contributed by atoms with van der Waals surface area (Å²) in [6.45, 7) is 16.5. The van der Waals surface area contributed by atoms with E-state index in [0.29, 0.717) is 16.7 Å². The van der Waals surface area contributed by atoms with Gasteiger partial charge < -0.3 is 15.0 Å². The first-order valence-corrected chi connectivity index (χ1v) is 10.6. The smallest absolute Gasteiger partial charge is 0.0925 e. The summed E-state index contributed by atoms with van der Waals surface area (Å²) in [6, 6.07) is 11.2. The number of hydrogen-bond donors (Lipinski definition) is 2. The second kappa shape index (κ2) is 13.1. The van der Waals surface area contributed by atoms with E-state index in [0.717, 1.165) is 0 Å². The van der Waals surface area contributed by atoms with Crippen LogP contribution in [0.1, 0.15) is 67.2 Å². The summed E-state index contributed by atoms with van der Waals surface area (Å²) >= 11 is 0. The van der Waals surface area contributed by atoms with Crippen LogP contribution in [0.4, 0.5) is 0 Å². The zero-order chi connectivity index (χ0) is 19.7. The fourth-order valence-corrected chi connectivity index (χ4v) is 8.79. The van der Waals surface area contributed by atoms with Crippen molar-refractivity contribution in [1.29, 1.82) is 0 Å². The quantitative estimate of drug-likeness (QED) is 0.302.